The molecule has 0 amide bonds. The van der Waals surface area contributed by atoms with Gasteiger partial charge in [-0.3, -0.25) is 0 Å². The van der Waals surface area contributed by atoms with E-state index in [4.69, 9.17) is 16.3 Å². The molecule has 116 valence electrons. The van der Waals surface area contributed by atoms with Crippen LogP contribution in [0.15, 0.2) is 48.5 Å². The summed E-state index contributed by atoms with van der Waals surface area (Å²) < 4.78 is 5.77. The van der Waals surface area contributed by atoms with E-state index in [0.29, 0.717) is 10.8 Å². The van der Waals surface area contributed by atoms with Gasteiger partial charge >= 0.3 is 5.97 Å². The number of hydrogen-bond donors (Lipinski definition) is 1. The quantitative estimate of drug-likeness (QED) is 0.850. The van der Waals surface area contributed by atoms with Crippen molar-refractivity contribution >= 4 is 17.6 Å². The highest BCUT2D eigenvalue weighted by atomic mass is 35.5. The van der Waals surface area contributed by atoms with Crippen molar-refractivity contribution in [1.29, 1.82) is 0 Å². The first-order valence-corrected chi connectivity index (χ1v) is 7.58. The molecule has 0 aromatic heterocycles. The lowest BCUT2D eigenvalue weighted by atomic mass is 10.0. The van der Waals surface area contributed by atoms with Crippen LogP contribution in [-0.2, 0) is 11.2 Å². The number of carboxylic acids is 1. The number of aliphatic carboxylic acids is 1. The molecule has 0 saturated carbocycles. The Labute approximate surface area is 135 Å². The van der Waals surface area contributed by atoms with Gasteiger partial charge in [-0.25, -0.2) is 4.79 Å². The zero-order valence-electron chi connectivity index (χ0n) is 12.6. The third kappa shape index (κ3) is 4.25. The monoisotopic (exact) mass is 318 g/mol. The highest BCUT2D eigenvalue weighted by molar-refractivity contribution is 6.30. The minimum Gasteiger partial charge on any atom is -0.478 e. The lowest BCUT2D eigenvalue weighted by molar-refractivity contribution is -0.145. The number of rotatable bonds is 6. The molecule has 0 spiro atoms. The van der Waals surface area contributed by atoms with E-state index >= 15 is 0 Å². The van der Waals surface area contributed by atoms with Gasteiger partial charge in [0.05, 0.1) is 0 Å². The Hall–Kier alpha value is -2.00. The topological polar surface area (TPSA) is 46.5 Å². The number of benzene rings is 2. The van der Waals surface area contributed by atoms with Crippen LogP contribution < -0.4 is 4.74 Å². The maximum absolute atomic E-state index is 11.5. The highest BCUT2D eigenvalue weighted by Crippen LogP contribution is 2.27. The summed E-state index contributed by atoms with van der Waals surface area (Å²) in [7, 11) is 0. The number of hydrogen-bond acceptors (Lipinski definition) is 2. The van der Waals surface area contributed by atoms with Crippen molar-refractivity contribution in [3.8, 4) is 5.75 Å². The Kier molecular flexibility index (Phi) is 5.45. The molecule has 4 heteroatoms. The lowest BCUT2D eigenvalue weighted by Gasteiger charge is -2.19. The first-order valence-electron chi connectivity index (χ1n) is 7.20. The standard InChI is InChI=1S/C18H19ClO3/c1-12(2)15-8-3-4-9-16(15)22-17(18(20)21)11-13-6-5-7-14(19)10-13/h3-10,12,17H,11H2,1-2H3,(H,20,21). The molecule has 0 radical (unpaired) electrons. The molecule has 2 rings (SSSR count). The van der Waals surface area contributed by atoms with Crippen molar-refractivity contribution < 1.29 is 14.6 Å². The molecule has 2 aromatic carbocycles. The number of carbonyl (C=O) groups is 1. The van der Waals surface area contributed by atoms with E-state index in [1.807, 2.05) is 30.3 Å². The number of carboxylic acid groups (broad SMARTS) is 1. The van der Waals surface area contributed by atoms with E-state index in [1.54, 1.807) is 18.2 Å². The molecular formula is C18H19ClO3. The van der Waals surface area contributed by atoms with Crippen LogP contribution in [0.5, 0.6) is 5.75 Å². The van der Waals surface area contributed by atoms with E-state index < -0.39 is 12.1 Å². The Morgan fingerprint density at radius 2 is 1.91 bits per heavy atom. The van der Waals surface area contributed by atoms with Gasteiger partial charge in [-0.2, -0.15) is 0 Å². The Morgan fingerprint density at radius 1 is 1.18 bits per heavy atom. The van der Waals surface area contributed by atoms with Crippen LogP contribution in [0, 0.1) is 0 Å². The second kappa shape index (κ2) is 7.32. The molecule has 22 heavy (non-hydrogen) atoms. The van der Waals surface area contributed by atoms with Crippen LogP contribution in [0.1, 0.15) is 30.9 Å². The summed E-state index contributed by atoms with van der Waals surface area (Å²) in [6.07, 6.45) is -0.680. The van der Waals surface area contributed by atoms with Crippen molar-refractivity contribution in [1.82, 2.24) is 0 Å². The minimum atomic E-state index is -0.987. The molecule has 1 unspecified atom stereocenters. The predicted octanol–water partition coefficient (Wildman–Crippen LogP) is 4.54. The first-order chi connectivity index (χ1) is 10.5. The van der Waals surface area contributed by atoms with Gasteiger partial charge in [0.25, 0.3) is 0 Å². The van der Waals surface area contributed by atoms with E-state index in [9.17, 15) is 9.90 Å². The molecule has 3 nitrogen and oxygen atoms in total. The third-order valence-corrected chi connectivity index (χ3v) is 3.63. The van der Waals surface area contributed by atoms with Gasteiger partial charge in [-0.1, -0.05) is 55.8 Å². The average Bonchev–Trinajstić information content (AvgIpc) is 2.47. The molecule has 0 aliphatic heterocycles. The lowest BCUT2D eigenvalue weighted by Crippen LogP contribution is -2.29. The number of para-hydroxylation sites is 1. The Balaban J connectivity index is 2.21. The van der Waals surface area contributed by atoms with Crippen molar-refractivity contribution in [3.05, 3.63) is 64.7 Å². The number of halogens is 1. The molecule has 0 heterocycles. The molecule has 1 N–H and O–H groups in total. The normalized spacial score (nSPS) is 12.2. The molecular weight excluding hydrogens is 300 g/mol. The van der Waals surface area contributed by atoms with Crippen LogP contribution in [-0.4, -0.2) is 17.2 Å². The van der Waals surface area contributed by atoms with Gasteiger partial charge in [-0.05, 0) is 35.2 Å². The smallest absolute Gasteiger partial charge is 0.345 e. The molecule has 1 atom stereocenters. The molecule has 2 aromatic rings. The predicted molar refractivity (Wildman–Crippen MR) is 87.7 cm³/mol. The third-order valence-electron chi connectivity index (χ3n) is 3.40. The summed E-state index contributed by atoms with van der Waals surface area (Å²) >= 11 is 5.95. The van der Waals surface area contributed by atoms with E-state index in [0.717, 1.165) is 11.1 Å². The molecule has 0 saturated heterocycles. The zero-order valence-corrected chi connectivity index (χ0v) is 13.4. The summed E-state index contributed by atoms with van der Waals surface area (Å²) in [5.41, 5.74) is 1.83. The summed E-state index contributed by atoms with van der Waals surface area (Å²) in [4.78, 5) is 11.5. The van der Waals surface area contributed by atoms with E-state index in [2.05, 4.69) is 13.8 Å². The second-order valence-corrected chi connectivity index (χ2v) is 5.91. The van der Waals surface area contributed by atoms with Gasteiger partial charge in [0.1, 0.15) is 5.75 Å². The maximum atomic E-state index is 11.5. The molecule has 0 aliphatic carbocycles. The largest absolute Gasteiger partial charge is 0.478 e. The van der Waals surface area contributed by atoms with Gasteiger partial charge in [-0.15, -0.1) is 0 Å². The summed E-state index contributed by atoms with van der Waals surface area (Å²) in [5, 5.41) is 10.0. The van der Waals surface area contributed by atoms with Crippen molar-refractivity contribution in [2.45, 2.75) is 32.3 Å². The van der Waals surface area contributed by atoms with Crippen molar-refractivity contribution in [2.75, 3.05) is 0 Å². The minimum absolute atomic E-state index is 0.261. The van der Waals surface area contributed by atoms with Gasteiger partial charge in [0.2, 0.25) is 0 Å². The summed E-state index contributed by atoms with van der Waals surface area (Å²) in [6.45, 7) is 4.10. The fourth-order valence-corrected chi connectivity index (χ4v) is 2.49. The van der Waals surface area contributed by atoms with Crippen molar-refractivity contribution in [3.63, 3.8) is 0 Å². The average molecular weight is 319 g/mol. The van der Waals surface area contributed by atoms with Crippen LogP contribution in [0.3, 0.4) is 0 Å². The van der Waals surface area contributed by atoms with Crippen LogP contribution >= 0.6 is 11.6 Å². The van der Waals surface area contributed by atoms with Crippen molar-refractivity contribution in [2.24, 2.45) is 0 Å². The first kappa shape index (κ1) is 16.4. The van der Waals surface area contributed by atoms with E-state index in [1.165, 1.54) is 0 Å². The Bertz CT molecular complexity index is 652. The fraction of sp³-hybridized carbons (Fsp3) is 0.278. The van der Waals surface area contributed by atoms with Crippen LogP contribution in [0.4, 0.5) is 0 Å². The van der Waals surface area contributed by atoms with E-state index in [-0.39, 0.29) is 12.3 Å². The molecule has 0 bridgehead atoms. The number of ether oxygens (including phenoxy) is 1. The van der Waals surface area contributed by atoms with Gasteiger partial charge in [0.15, 0.2) is 6.10 Å². The second-order valence-electron chi connectivity index (χ2n) is 5.47. The Morgan fingerprint density at radius 3 is 2.55 bits per heavy atom. The zero-order chi connectivity index (χ0) is 16.1. The van der Waals surface area contributed by atoms with Gasteiger partial charge in [0, 0.05) is 11.4 Å². The highest BCUT2D eigenvalue weighted by Gasteiger charge is 2.22. The van der Waals surface area contributed by atoms with Crippen LogP contribution in [0.25, 0.3) is 0 Å². The SMILES string of the molecule is CC(C)c1ccccc1OC(Cc1cccc(Cl)c1)C(=O)O. The van der Waals surface area contributed by atoms with Gasteiger partial charge < -0.3 is 9.84 Å². The molecule has 0 aliphatic rings. The van der Waals surface area contributed by atoms with Crippen LogP contribution in [0.2, 0.25) is 5.02 Å². The maximum Gasteiger partial charge on any atom is 0.345 e. The fourth-order valence-electron chi connectivity index (χ4n) is 2.28. The summed E-state index contributed by atoms with van der Waals surface area (Å²) in [6, 6.07) is 14.7. The molecule has 0 fully saturated rings. The summed E-state index contributed by atoms with van der Waals surface area (Å²) in [5.74, 6) is -0.109.